The Balaban J connectivity index is 1.90. The summed E-state index contributed by atoms with van der Waals surface area (Å²) in [5.74, 6) is 1.56. The van der Waals surface area contributed by atoms with E-state index in [4.69, 9.17) is 9.41 Å². The molecule has 2 N–H and O–H groups in total. The molecule has 0 saturated carbocycles. The molecule has 4 rings (SSSR count). The van der Waals surface area contributed by atoms with Crippen molar-refractivity contribution in [1.29, 1.82) is 0 Å². The van der Waals surface area contributed by atoms with Crippen LogP contribution in [-0.4, -0.2) is 23.9 Å². The number of halogens is 1. The molecule has 4 heterocycles. The van der Waals surface area contributed by atoms with E-state index in [-0.39, 0.29) is 12.2 Å². The first-order chi connectivity index (χ1) is 11.8. The summed E-state index contributed by atoms with van der Waals surface area (Å²) < 4.78 is 6.86. The number of pyridine rings is 1. The third kappa shape index (κ3) is 2.87. The maximum absolute atomic E-state index is 5.64. The van der Waals surface area contributed by atoms with Gasteiger partial charge in [0.15, 0.2) is 5.76 Å². The number of nitrogens with zero attached hydrogens (tertiary/aromatic N) is 2. The highest BCUT2D eigenvalue weighted by molar-refractivity contribution is 14.1. The lowest BCUT2D eigenvalue weighted by Gasteiger charge is -2.22. The van der Waals surface area contributed by atoms with Crippen LogP contribution in [0.15, 0.2) is 57.6 Å². The van der Waals surface area contributed by atoms with Crippen LogP contribution < -0.4 is 10.6 Å². The third-order valence-electron chi connectivity index (χ3n) is 3.88. The summed E-state index contributed by atoms with van der Waals surface area (Å²) in [5.41, 5.74) is 1.77. The van der Waals surface area contributed by atoms with Crippen LogP contribution in [0.1, 0.15) is 22.2 Å². The van der Waals surface area contributed by atoms with Gasteiger partial charge in [-0.1, -0.05) is 0 Å². The average Bonchev–Trinajstić information content (AvgIpc) is 3.24. The van der Waals surface area contributed by atoms with E-state index in [9.17, 15) is 0 Å². The van der Waals surface area contributed by atoms with Gasteiger partial charge in [0.05, 0.1) is 6.26 Å². The van der Waals surface area contributed by atoms with E-state index in [1.807, 2.05) is 31.3 Å². The lowest BCUT2D eigenvalue weighted by Crippen LogP contribution is -2.38. The molecular formula is C17H15IN4OS. The Hall–Kier alpha value is -1.71. The zero-order valence-electron chi connectivity index (χ0n) is 12.9. The van der Waals surface area contributed by atoms with Crippen molar-refractivity contribution < 1.29 is 4.42 Å². The second-order valence-electron chi connectivity index (χ2n) is 5.38. The molecule has 0 fully saturated rings. The second kappa shape index (κ2) is 6.66. The van der Waals surface area contributed by atoms with Crippen molar-refractivity contribution in [3.05, 3.63) is 67.9 Å². The van der Waals surface area contributed by atoms with Gasteiger partial charge in [-0.15, -0.1) is 11.3 Å². The molecule has 5 nitrogen and oxygen atoms in total. The summed E-state index contributed by atoms with van der Waals surface area (Å²) in [5, 5.41) is 8.95. The molecule has 122 valence electrons. The highest BCUT2D eigenvalue weighted by Gasteiger charge is 2.30. The van der Waals surface area contributed by atoms with Crippen molar-refractivity contribution in [3.8, 4) is 0 Å². The molecule has 2 unspecified atom stereocenters. The first-order valence-corrected chi connectivity index (χ1v) is 9.47. The minimum atomic E-state index is -0.0715. The lowest BCUT2D eigenvalue weighted by molar-refractivity contribution is 0.524. The molecule has 0 saturated heterocycles. The fourth-order valence-corrected chi connectivity index (χ4v) is 4.54. The molecule has 1 aliphatic rings. The maximum atomic E-state index is 5.64. The van der Waals surface area contributed by atoms with Gasteiger partial charge in [-0.25, -0.2) is 4.98 Å². The first kappa shape index (κ1) is 15.8. The van der Waals surface area contributed by atoms with Gasteiger partial charge in [-0.05, 0) is 60.0 Å². The van der Waals surface area contributed by atoms with Gasteiger partial charge in [0.2, 0.25) is 0 Å². The number of fused-ring (bicyclic) bond motifs is 1. The fraction of sp³-hybridized carbons (Fsp3) is 0.176. The second-order valence-corrected chi connectivity index (χ2v) is 7.57. The predicted octanol–water partition coefficient (Wildman–Crippen LogP) is 3.89. The summed E-state index contributed by atoms with van der Waals surface area (Å²) in [4.78, 5) is 10.8. The molecule has 3 aromatic rings. The number of hydrogen-bond acceptors (Lipinski definition) is 6. The van der Waals surface area contributed by atoms with Crippen LogP contribution >= 0.6 is 33.9 Å². The summed E-state index contributed by atoms with van der Waals surface area (Å²) in [6, 6.07) is 9.85. The Morgan fingerprint density at radius 1 is 1.33 bits per heavy atom. The van der Waals surface area contributed by atoms with E-state index in [1.165, 1.54) is 8.45 Å². The van der Waals surface area contributed by atoms with Crippen LogP contribution in [0.3, 0.4) is 0 Å². The minimum Gasteiger partial charge on any atom is -0.463 e. The predicted molar refractivity (Wildman–Crippen MR) is 105 cm³/mol. The monoisotopic (exact) mass is 450 g/mol. The molecule has 0 aliphatic carbocycles. The van der Waals surface area contributed by atoms with Gasteiger partial charge < -0.3 is 9.73 Å². The summed E-state index contributed by atoms with van der Waals surface area (Å²) in [6.07, 6.45) is 3.40. The molecule has 0 radical (unpaired) electrons. The molecule has 0 bridgehead atoms. The molecule has 1 aliphatic heterocycles. The van der Waals surface area contributed by atoms with E-state index in [2.05, 4.69) is 49.7 Å². The van der Waals surface area contributed by atoms with Gasteiger partial charge >= 0.3 is 0 Å². The number of anilines is 1. The lowest BCUT2D eigenvalue weighted by atomic mass is 10.1. The highest BCUT2D eigenvalue weighted by atomic mass is 127. The topological polar surface area (TPSA) is 62.5 Å². The van der Waals surface area contributed by atoms with Crippen molar-refractivity contribution in [2.75, 3.05) is 12.4 Å². The van der Waals surface area contributed by atoms with Crippen LogP contribution in [0, 0.1) is 3.57 Å². The van der Waals surface area contributed by atoms with Gasteiger partial charge in [-0.3, -0.25) is 10.3 Å². The van der Waals surface area contributed by atoms with Crippen molar-refractivity contribution in [1.82, 2.24) is 10.3 Å². The van der Waals surface area contributed by atoms with Crippen molar-refractivity contribution >= 4 is 45.5 Å². The molecule has 3 aromatic heterocycles. The number of hydrogen-bond donors (Lipinski definition) is 2. The van der Waals surface area contributed by atoms with Crippen LogP contribution in [0.2, 0.25) is 0 Å². The van der Waals surface area contributed by atoms with E-state index < -0.39 is 0 Å². The SMILES string of the molecule is CNC1Nc2ncccc2C(c2ccco2)=NC1c1cc(I)cs1. The van der Waals surface area contributed by atoms with Crippen molar-refractivity contribution in [3.63, 3.8) is 0 Å². The zero-order valence-corrected chi connectivity index (χ0v) is 15.8. The Morgan fingerprint density at radius 2 is 2.25 bits per heavy atom. The summed E-state index contributed by atoms with van der Waals surface area (Å²) >= 11 is 4.05. The summed E-state index contributed by atoms with van der Waals surface area (Å²) in [6.45, 7) is 0. The van der Waals surface area contributed by atoms with Gasteiger partial charge in [0.1, 0.15) is 23.7 Å². The minimum absolute atomic E-state index is 0.0550. The third-order valence-corrected chi connectivity index (χ3v) is 5.93. The summed E-state index contributed by atoms with van der Waals surface area (Å²) in [7, 11) is 1.93. The molecule has 24 heavy (non-hydrogen) atoms. The Bertz CT molecular complexity index is 874. The van der Waals surface area contributed by atoms with Crippen LogP contribution in [-0.2, 0) is 0 Å². The van der Waals surface area contributed by atoms with E-state index in [0.29, 0.717) is 0 Å². The Kier molecular flexibility index (Phi) is 4.38. The highest BCUT2D eigenvalue weighted by Crippen LogP contribution is 2.34. The quantitative estimate of drug-likeness (QED) is 0.595. The van der Waals surface area contributed by atoms with E-state index in [0.717, 1.165) is 22.9 Å². The molecule has 0 amide bonds. The number of rotatable bonds is 3. The Morgan fingerprint density at radius 3 is 2.96 bits per heavy atom. The smallest absolute Gasteiger partial charge is 0.152 e. The van der Waals surface area contributed by atoms with Gasteiger partial charge in [0.25, 0.3) is 0 Å². The fourth-order valence-electron chi connectivity index (χ4n) is 2.77. The van der Waals surface area contributed by atoms with Crippen molar-refractivity contribution in [2.24, 2.45) is 4.99 Å². The molecule has 0 aromatic carbocycles. The normalized spacial score (nSPS) is 20.0. The van der Waals surface area contributed by atoms with Crippen molar-refractivity contribution in [2.45, 2.75) is 12.2 Å². The van der Waals surface area contributed by atoms with Crippen LogP contribution in [0.5, 0.6) is 0 Å². The van der Waals surface area contributed by atoms with E-state index in [1.54, 1.807) is 23.8 Å². The molecule has 2 atom stereocenters. The molecule has 7 heteroatoms. The zero-order chi connectivity index (χ0) is 16.5. The van der Waals surface area contributed by atoms with Crippen LogP contribution in [0.25, 0.3) is 0 Å². The van der Waals surface area contributed by atoms with E-state index >= 15 is 0 Å². The number of aromatic nitrogens is 1. The number of thiophene rings is 1. The maximum Gasteiger partial charge on any atom is 0.152 e. The molecular weight excluding hydrogens is 435 g/mol. The van der Waals surface area contributed by atoms with Crippen LogP contribution in [0.4, 0.5) is 5.82 Å². The van der Waals surface area contributed by atoms with Gasteiger partial charge in [0, 0.05) is 25.6 Å². The van der Waals surface area contributed by atoms with Gasteiger partial charge in [-0.2, -0.15) is 0 Å². The number of nitrogens with one attached hydrogen (secondary N) is 2. The number of likely N-dealkylation sites (N-methyl/N-ethyl adjacent to an activating group) is 1. The average molecular weight is 450 g/mol. The first-order valence-electron chi connectivity index (χ1n) is 7.51. The number of furan rings is 1. The Labute approximate surface area is 157 Å². The standard InChI is InChI=1S/C17H15IN4OS/c1-19-17-15(13-8-10(18)9-24-13)21-14(12-5-3-7-23-12)11-4-2-6-20-16(11)22-17/h2-9,15,17,19H,1H3,(H,20,22). The molecule has 0 spiro atoms. The number of aliphatic imine (C=N–C) groups is 1. The largest absolute Gasteiger partial charge is 0.463 e.